The van der Waals surface area contributed by atoms with Crippen molar-refractivity contribution in [2.45, 2.75) is 46.5 Å². The van der Waals surface area contributed by atoms with Crippen LogP contribution >= 0.6 is 11.3 Å². The molecule has 4 atom stereocenters. The summed E-state index contributed by atoms with van der Waals surface area (Å²) in [5.41, 5.74) is 5.65. The fourth-order valence-corrected chi connectivity index (χ4v) is 6.12. The Hall–Kier alpha value is -1.95. The van der Waals surface area contributed by atoms with Crippen LogP contribution in [0.5, 0.6) is 0 Å². The van der Waals surface area contributed by atoms with E-state index in [4.69, 9.17) is 0 Å². The largest absolute Gasteiger partial charge is 0.272 e. The molecule has 1 aliphatic heterocycles. The molecule has 1 saturated heterocycles. The van der Waals surface area contributed by atoms with Gasteiger partial charge in [0.15, 0.2) is 0 Å². The van der Waals surface area contributed by atoms with Gasteiger partial charge in [-0.15, -0.1) is 11.3 Å². The Morgan fingerprint density at radius 1 is 1.19 bits per heavy atom. The zero-order valence-corrected chi connectivity index (χ0v) is 16.2. The molecule has 2 aliphatic carbocycles. The van der Waals surface area contributed by atoms with E-state index in [2.05, 4.69) is 26.2 Å². The molecule has 3 fully saturated rings. The minimum Gasteiger partial charge on any atom is -0.272 e. The van der Waals surface area contributed by atoms with Crippen LogP contribution in [0.15, 0.2) is 22.6 Å². The molecule has 0 aromatic carbocycles. The summed E-state index contributed by atoms with van der Waals surface area (Å²) in [6, 6.07) is 1.85. The summed E-state index contributed by atoms with van der Waals surface area (Å²) in [5, 5.41) is 2.79. The van der Waals surface area contributed by atoms with Gasteiger partial charge in [0.05, 0.1) is 17.4 Å². The van der Waals surface area contributed by atoms with Crippen LogP contribution in [0.4, 0.5) is 0 Å². The van der Waals surface area contributed by atoms with E-state index in [0.29, 0.717) is 5.56 Å². The van der Waals surface area contributed by atoms with E-state index < -0.39 is 0 Å². The average Bonchev–Trinajstić information content (AvgIpc) is 3.34. The number of thiophene rings is 1. The van der Waals surface area contributed by atoms with Gasteiger partial charge in [0, 0.05) is 10.3 Å². The van der Waals surface area contributed by atoms with E-state index in [1.165, 1.54) is 22.5 Å². The van der Waals surface area contributed by atoms with Crippen LogP contribution in [0.3, 0.4) is 0 Å². The van der Waals surface area contributed by atoms with Crippen molar-refractivity contribution in [3.8, 4) is 0 Å². The van der Waals surface area contributed by atoms with Crippen molar-refractivity contribution < 1.29 is 14.4 Å². The molecule has 0 unspecified atom stereocenters. The quantitative estimate of drug-likeness (QED) is 0.651. The maximum absolute atomic E-state index is 12.9. The van der Waals surface area contributed by atoms with E-state index in [1.54, 1.807) is 5.38 Å². The van der Waals surface area contributed by atoms with Crippen LogP contribution in [-0.4, -0.2) is 22.7 Å². The molecular formula is C20H24N2O3S. The first-order valence-electron chi connectivity index (χ1n) is 9.37. The first-order valence-corrected chi connectivity index (χ1v) is 10.3. The van der Waals surface area contributed by atoms with Gasteiger partial charge in [-0.05, 0) is 51.0 Å². The SMILES string of the molecule is CCCc1cc(C(=O)NN2C(=O)[C@H]3[C@H](C2=O)[C@H]2CC[C@H]3C2=C(C)C)cs1. The molecule has 2 saturated carbocycles. The third-order valence-electron chi connectivity index (χ3n) is 6.06. The third kappa shape index (κ3) is 2.46. The van der Waals surface area contributed by atoms with Gasteiger partial charge >= 0.3 is 0 Å². The zero-order valence-electron chi connectivity index (χ0n) is 15.4. The first kappa shape index (κ1) is 17.5. The Morgan fingerprint density at radius 2 is 1.81 bits per heavy atom. The summed E-state index contributed by atoms with van der Waals surface area (Å²) in [6.07, 6.45) is 3.89. The highest BCUT2D eigenvalue weighted by Crippen LogP contribution is 2.59. The molecule has 0 radical (unpaired) electrons. The highest BCUT2D eigenvalue weighted by molar-refractivity contribution is 7.10. The smallest absolute Gasteiger partial charge is 0.271 e. The number of carbonyl (C=O) groups is 3. The van der Waals surface area contributed by atoms with E-state index in [0.717, 1.165) is 35.6 Å². The average molecular weight is 372 g/mol. The second-order valence-electron chi connectivity index (χ2n) is 7.80. The number of nitrogens with one attached hydrogen (secondary N) is 1. The van der Waals surface area contributed by atoms with Crippen molar-refractivity contribution in [3.63, 3.8) is 0 Å². The van der Waals surface area contributed by atoms with Crippen LogP contribution in [-0.2, 0) is 16.0 Å². The third-order valence-corrected chi connectivity index (χ3v) is 7.05. The maximum Gasteiger partial charge on any atom is 0.271 e. The molecule has 1 aromatic heterocycles. The molecule has 26 heavy (non-hydrogen) atoms. The number of allylic oxidation sites excluding steroid dienone is 2. The van der Waals surface area contributed by atoms with Gasteiger partial charge in [-0.25, -0.2) is 0 Å². The summed E-state index contributed by atoms with van der Waals surface area (Å²) in [5.74, 6) is -1.07. The second kappa shape index (κ2) is 6.34. The van der Waals surface area contributed by atoms with Gasteiger partial charge in [0.2, 0.25) is 0 Å². The lowest BCUT2D eigenvalue weighted by Crippen LogP contribution is -2.47. The van der Waals surface area contributed by atoms with Crippen molar-refractivity contribution >= 4 is 29.1 Å². The monoisotopic (exact) mass is 372 g/mol. The van der Waals surface area contributed by atoms with Crippen LogP contribution in [0, 0.1) is 23.7 Å². The zero-order chi connectivity index (χ0) is 18.6. The summed E-state index contributed by atoms with van der Waals surface area (Å²) >= 11 is 1.54. The van der Waals surface area contributed by atoms with E-state index in [1.807, 2.05) is 6.07 Å². The van der Waals surface area contributed by atoms with Gasteiger partial charge in [-0.3, -0.25) is 19.8 Å². The number of hydrazine groups is 1. The molecule has 2 heterocycles. The predicted octanol–water partition coefficient (Wildman–Crippen LogP) is 3.32. The van der Waals surface area contributed by atoms with Crippen molar-refractivity contribution in [2.75, 3.05) is 0 Å². The number of amides is 3. The number of hydrogen-bond donors (Lipinski definition) is 1. The normalized spacial score (nSPS) is 29.5. The Morgan fingerprint density at radius 3 is 2.35 bits per heavy atom. The molecule has 1 aromatic rings. The fourth-order valence-electron chi connectivity index (χ4n) is 5.14. The minimum atomic E-state index is -0.375. The van der Waals surface area contributed by atoms with Gasteiger partial charge in [-0.1, -0.05) is 24.5 Å². The fraction of sp³-hybridized carbons (Fsp3) is 0.550. The molecule has 5 nitrogen and oxygen atoms in total. The van der Waals surface area contributed by atoms with Gasteiger partial charge in [-0.2, -0.15) is 5.01 Å². The number of carbonyl (C=O) groups excluding carboxylic acids is 3. The van der Waals surface area contributed by atoms with Gasteiger partial charge in [0.1, 0.15) is 0 Å². The highest BCUT2D eigenvalue weighted by Gasteiger charge is 2.63. The Bertz CT molecular complexity index is 789. The molecule has 2 bridgehead atoms. The molecule has 0 spiro atoms. The van der Waals surface area contributed by atoms with E-state index >= 15 is 0 Å². The first-order chi connectivity index (χ1) is 12.4. The number of hydrogen-bond acceptors (Lipinski definition) is 4. The number of imide groups is 1. The highest BCUT2D eigenvalue weighted by atomic mass is 32.1. The van der Waals surface area contributed by atoms with Crippen molar-refractivity contribution in [3.05, 3.63) is 33.0 Å². The summed E-state index contributed by atoms with van der Waals surface area (Å²) < 4.78 is 0. The van der Waals surface area contributed by atoms with Crippen LogP contribution < -0.4 is 5.43 Å². The molecule has 3 aliphatic rings. The van der Waals surface area contributed by atoms with Crippen LogP contribution in [0.2, 0.25) is 0 Å². The number of aryl methyl sites for hydroxylation is 1. The lowest BCUT2D eigenvalue weighted by Gasteiger charge is -2.19. The molecule has 4 rings (SSSR count). The topological polar surface area (TPSA) is 66.5 Å². The lowest BCUT2D eigenvalue weighted by molar-refractivity contribution is -0.143. The minimum absolute atomic E-state index is 0.172. The van der Waals surface area contributed by atoms with Crippen molar-refractivity contribution in [1.82, 2.24) is 10.4 Å². The maximum atomic E-state index is 12.9. The molecule has 1 N–H and O–H groups in total. The standard InChI is InChI=1S/C20H24N2O3S/c1-4-5-12-8-11(9-26-12)18(23)21-22-19(24)16-13-6-7-14(15(13)10(2)3)17(16)20(22)25/h8-9,13-14,16-17H,4-7H2,1-3H3,(H,21,23)/t13-,14-,16+,17+/m0/s1. The Labute approximate surface area is 157 Å². The Balaban J connectivity index is 1.53. The van der Waals surface area contributed by atoms with E-state index in [-0.39, 0.29) is 41.4 Å². The van der Waals surface area contributed by atoms with Crippen LogP contribution in [0.25, 0.3) is 0 Å². The summed E-state index contributed by atoms with van der Waals surface area (Å²) in [4.78, 5) is 39.5. The molecule has 3 amide bonds. The molecule has 6 heteroatoms. The van der Waals surface area contributed by atoms with Crippen molar-refractivity contribution in [2.24, 2.45) is 23.7 Å². The predicted molar refractivity (Wildman–Crippen MR) is 99.2 cm³/mol. The lowest BCUT2D eigenvalue weighted by atomic mass is 9.81. The van der Waals surface area contributed by atoms with Crippen molar-refractivity contribution in [1.29, 1.82) is 0 Å². The number of fused-ring (bicyclic) bond motifs is 5. The van der Waals surface area contributed by atoms with E-state index in [9.17, 15) is 14.4 Å². The number of nitrogens with zero attached hydrogens (tertiary/aromatic N) is 1. The van der Waals surface area contributed by atoms with Gasteiger partial charge < -0.3 is 0 Å². The summed E-state index contributed by atoms with van der Waals surface area (Å²) in [7, 11) is 0. The summed E-state index contributed by atoms with van der Waals surface area (Å²) in [6.45, 7) is 6.23. The molecular weight excluding hydrogens is 348 g/mol. The van der Waals surface area contributed by atoms with Gasteiger partial charge in [0.25, 0.3) is 17.7 Å². The Kier molecular flexibility index (Phi) is 4.26. The van der Waals surface area contributed by atoms with Crippen LogP contribution in [0.1, 0.15) is 55.3 Å². The molecule has 138 valence electrons. The second-order valence-corrected chi connectivity index (χ2v) is 8.80. The number of rotatable bonds is 4.